The molecule has 5 rings (SSSR count). The van der Waals surface area contributed by atoms with Gasteiger partial charge >= 0.3 is 6.18 Å². The Balaban J connectivity index is 1.51. The summed E-state index contributed by atoms with van der Waals surface area (Å²) in [6, 6.07) is 20.4. The van der Waals surface area contributed by atoms with Gasteiger partial charge in [-0.2, -0.15) is 18.3 Å². The zero-order valence-corrected chi connectivity index (χ0v) is 25.7. The highest BCUT2D eigenvalue weighted by atomic mass is 79.9. The molecular weight excluding hydrogens is 623 g/mol. The molecule has 0 aliphatic carbocycles. The molecule has 4 atom stereocenters. The van der Waals surface area contributed by atoms with Gasteiger partial charge in [-0.1, -0.05) is 42.5 Å². The number of benzene rings is 3. The number of hydrogen-bond donors (Lipinski definition) is 0. The van der Waals surface area contributed by atoms with Crippen LogP contribution in [0, 0.1) is 5.92 Å². The van der Waals surface area contributed by atoms with Crippen molar-refractivity contribution in [2.24, 2.45) is 21.4 Å². The standard InChI is InChI=1S/C32H33BrF3N5O2/c1-21-15-24(16-29(31(2)20-37-39-38-31)40(21)18-22-7-5-4-6-8-22)30(42)41(19-23-9-12-26(43-3)13-10-23)28-17-25(32(34,35)36)11-14-27(28)33/h4-14,17,20-21,24,29H,15-16,18-19H2,1-3H3. The Hall–Kier alpha value is -3.57. The van der Waals surface area contributed by atoms with Crippen molar-refractivity contribution < 1.29 is 22.7 Å². The third-order valence-electron chi connectivity index (χ3n) is 8.29. The van der Waals surface area contributed by atoms with Crippen molar-refractivity contribution in [3.8, 4) is 5.75 Å². The number of methoxy groups -OCH3 is 1. The van der Waals surface area contributed by atoms with Crippen LogP contribution >= 0.6 is 15.9 Å². The molecule has 3 aromatic rings. The summed E-state index contributed by atoms with van der Waals surface area (Å²) in [5.41, 5.74) is 0.485. The first-order valence-corrected chi connectivity index (χ1v) is 14.8. The number of hydrogen-bond acceptors (Lipinski definition) is 6. The molecule has 2 heterocycles. The third-order valence-corrected chi connectivity index (χ3v) is 8.96. The fraction of sp³-hybridized carbons (Fsp3) is 0.375. The molecule has 0 spiro atoms. The lowest BCUT2D eigenvalue weighted by molar-refractivity contribution is -0.137. The van der Waals surface area contributed by atoms with Crippen molar-refractivity contribution in [2.75, 3.05) is 12.0 Å². The second-order valence-corrected chi connectivity index (χ2v) is 12.1. The van der Waals surface area contributed by atoms with E-state index in [4.69, 9.17) is 4.74 Å². The lowest BCUT2D eigenvalue weighted by Crippen LogP contribution is -2.59. The molecule has 43 heavy (non-hydrogen) atoms. The summed E-state index contributed by atoms with van der Waals surface area (Å²) >= 11 is 3.42. The minimum Gasteiger partial charge on any atom is -0.497 e. The van der Waals surface area contributed by atoms with Crippen LogP contribution in [0.15, 0.2) is 92.7 Å². The Morgan fingerprint density at radius 1 is 1.07 bits per heavy atom. The Bertz CT molecular complexity index is 1490. The van der Waals surface area contributed by atoms with Crippen LogP contribution < -0.4 is 9.64 Å². The van der Waals surface area contributed by atoms with Crippen molar-refractivity contribution >= 4 is 33.7 Å². The molecule has 0 aromatic heterocycles. The highest BCUT2D eigenvalue weighted by Crippen LogP contribution is 2.41. The predicted octanol–water partition coefficient (Wildman–Crippen LogP) is 7.89. The van der Waals surface area contributed by atoms with Crippen LogP contribution in [0.3, 0.4) is 0 Å². The maximum Gasteiger partial charge on any atom is 0.416 e. The van der Waals surface area contributed by atoms with Gasteiger partial charge in [0, 0.05) is 29.0 Å². The van der Waals surface area contributed by atoms with Crippen molar-refractivity contribution in [3.63, 3.8) is 0 Å². The van der Waals surface area contributed by atoms with Crippen molar-refractivity contribution in [1.82, 2.24) is 4.90 Å². The number of nitrogens with zero attached hydrogens (tertiary/aromatic N) is 5. The van der Waals surface area contributed by atoms with Crippen LogP contribution in [-0.2, 0) is 24.1 Å². The number of carbonyl (C=O) groups excluding carboxylic acids is 1. The lowest BCUT2D eigenvalue weighted by Gasteiger charge is -2.48. The van der Waals surface area contributed by atoms with Crippen LogP contribution in [0.4, 0.5) is 18.9 Å². The van der Waals surface area contributed by atoms with E-state index in [-0.39, 0.29) is 30.2 Å². The van der Waals surface area contributed by atoms with Gasteiger partial charge in [-0.05, 0) is 89.3 Å². The summed E-state index contributed by atoms with van der Waals surface area (Å²) in [7, 11) is 1.56. The van der Waals surface area contributed by atoms with Gasteiger partial charge in [0.1, 0.15) is 11.3 Å². The second kappa shape index (κ2) is 12.6. The van der Waals surface area contributed by atoms with E-state index in [9.17, 15) is 18.0 Å². The SMILES string of the molecule is COc1ccc(CN(C(=O)C2CC(C)N(Cc3ccccc3)C(C3(C)C=NN=N3)C2)c2cc(C(F)(F)F)ccc2Br)cc1. The molecule has 0 N–H and O–H groups in total. The molecule has 1 fully saturated rings. The molecule has 11 heteroatoms. The van der Waals surface area contributed by atoms with E-state index in [1.54, 1.807) is 25.5 Å². The molecule has 1 amide bonds. The molecule has 0 saturated carbocycles. The summed E-state index contributed by atoms with van der Waals surface area (Å²) in [5, 5.41) is 12.4. The first-order chi connectivity index (χ1) is 20.5. The zero-order chi connectivity index (χ0) is 30.8. The normalized spacial score (nSPS) is 23.8. The van der Waals surface area contributed by atoms with Gasteiger partial charge in [0.25, 0.3) is 0 Å². The van der Waals surface area contributed by atoms with E-state index in [1.165, 1.54) is 11.0 Å². The van der Waals surface area contributed by atoms with E-state index >= 15 is 0 Å². The number of piperidine rings is 1. The number of anilines is 1. The average Bonchev–Trinajstić information content (AvgIpc) is 3.44. The molecule has 1 saturated heterocycles. The maximum absolute atomic E-state index is 14.5. The molecule has 2 aliphatic heterocycles. The molecule has 0 bridgehead atoms. The first-order valence-electron chi connectivity index (χ1n) is 14.1. The lowest BCUT2D eigenvalue weighted by atomic mass is 9.77. The van der Waals surface area contributed by atoms with Gasteiger partial charge in [-0.15, -0.1) is 5.10 Å². The fourth-order valence-electron chi connectivity index (χ4n) is 5.95. The van der Waals surface area contributed by atoms with E-state index in [2.05, 4.69) is 55.3 Å². The number of rotatable bonds is 8. The number of ether oxygens (including phenoxy) is 1. The van der Waals surface area contributed by atoms with Crippen LogP contribution in [-0.4, -0.2) is 41.8 Å². The summed E-state index contributed by atoms with van der Waals surface area (Å²) in [6.45, 7) is 4.77. The Labute approximate surface area is 257 Å². The monoisotopic (exact) mass is 655 g/mol. The topological polar surface area (TPSA) is 69.9 Å². The van der Waals surface area contributed by atoms with Crippen LogP contribution in [0.25, 0.3) is 0 Å². The second-order valence-electron chi connectivity index (χ2n) is 11.3. The van der Waals surface area contributed by atoms with E-state index in [0.29, 0.717) is 29.6 Å². The molecule has 3 aromatic carbocycles. The summed E-state index contributed by atoms with van der Waals surface area (Å²) in [4.78, 5) is 18.3. The zero-order valence-electron chi connectivity index (χ0n) is 24.1. The van der Waals surface area contributed by atoms with Gasteiger partial charge < -0.3 is 9.64 Å². The first kappa shape index (κ1) is 30.9. The van der Waals surface area contributed by atoms with E-state index in [0.717, 1.165) is 23.3 Å². The summed E-state index contributed by atoms with van der Waals surface area (Å²) in [6.07, 6.45) is -1.88. The summed E-state index contributed by atoms with van der Waals surface area (Å²) < 4.78 is 47.1. The number of amides is 1. The molecule has 7 nitrogen and oxygen atoms in total. The Morgan fingerprint density at radius 3 is 2.42 bits per heavy atom. The van der Waals surface area contributed by atoms with E-state index in [1.807, 2.05) is 37.3 Å². The average molecular weight is 657 g/mol. The van der Waals surface area contributed by atoms with E-state index < -0.39 is 23.2 Å². The fourth-order valence-corrected chi connectivity index (χ4v) is 6.41. The number of likely N-dealkylation sites (tertiary alicyclic amines) is 1. The van der Waals surface area contributed by atoms with Crippen LogP contribution in [0.2, 0.25) is 0 Å². The van der Waals surface area contributed by atoms with Crippen molar-refractivity contribution in [2.45, 2.75) is 63.6 Å². The quantitative estimate of drug-likeness (QED) is 0.248. The Morgan fingerprint density at radius 2 is 1.79 bits per heavy atom. The Kier molecular flexibility index (Phi) is 9.03. The minimum absolute atomic E-state index is 0.0262. The summed E-state index contributed by atoms with van der Waals surface area (Å²) in [5.74, 6) is -0.0831. The number of carbonyl (C=O) groups is 1. The van der Waals surface area contributed by atoms with Gasteiger partial charge in [0.15, 0.2) is 0 Å². The highest BCUT2D eigenvalue weighted by Gasteiger charge is 2.47. The van der Waals surface area contributed by atoms with Gasteiger partial charge in [-0.25, -0.2) is 0 Å². The molecule has 4 unspecified atom stereocenters. The predicted molar refractivity (Wildman–Crippen MR) is 163 cm³/mol. The molecular formula is C32H33BrF3N5O2. The molecule has 2 aliphatic rings. The number of alkyl halides is 3. The van der Waals surface area contributed by atoms with Gasteiger partial charge in [0.2, 0.25) is 5.91 Å². The third kappa shape index (κ3) is 6.83. The minimum atomic E-state index is -4.56. The van der Waals surface area contributed by atoms with Crippen molar-refractivity contribution in [3.05, 3.63) is 94.0 Å². The van der Waals surface area contributed by atoms with Gasteiger partial charge in [-0.3, -0.25) is 9.69 Å². The maximum atomic E-state index is 14.5. The van der Waals surface area contributed by atoms with Crippen molar-refractivity contribution in [1.29, 1.82) is 0 Å². The smallest absolute Gasteiger partial charge is 0.416 e. The van der Waals surface area contributed by atoms with Gasteiger partial charge in [0.05, 0.1) is 31.1 Å². The highest BCUT2D eigenvalue weighted by molar-refractivity contribution is 9.10. The van der Waals surface area contributed by atoms with Crippen LogP contribution in [0.5, 0.6) is 5.75 Å². The van der Waals surface area contributed by atoms with Crippen LogP contribution in [0.1, 0.15) is 43.4 Å². The number of halogens is 4. The molecule has 0 radical (unpaired) electrons. The molecule has 226 valence electrons. The largest absolute Gasteiger partial charge is 0.497 e.